The van der Waals surface area contributed by atoms with E-state index in [0.717, 1.165) is 0 Å². The lowest BCUT2D eigenvalue weighted by atomic mass is 10.4. The Bertz CT molecular complexity index is 345. The van der Waals surface area contributed by atoms with Gasteiger partial charge in [0.1, 0.15) is 5.82 Å². The minimum Gasteiger partial charge on any atom is -0.297 e. The number of aromatic nitrogens is 3. The Kier molecular flexibility index (Phi) is 3.90. The van der Waals surface area contributed by atoms with E-state index in [1.54, 1.807) is 0 Å². The minimum atomic E-state index is -4.44. The summed E-state index contributed by atoms with van der Waals surface area (Å²) in [5.41, 5.74) is 0. The summed E-state index contributed by atoms with van der Waals surface area (Å²) >= 11 is 0. The largest absolute Gasteiger partial charge is 0.453 e. The van der Waals surface area contributed by atoms with Gasteiger partial charge in [-0.3, -0.25) is 4.90 Å². The minimum absolute atomic E-state index is 0.381. The molecule has 7 heteroatoms. The molecule has 0 atom stereocenters. The Balaban J connectivity index is 0.000000606. The molecule has 0 fully saturated rings. The van der Waals surface area contributed by atoms with E-state index in [0.29, 0.717) is 25.5 Å². The lowest BCUT2D eigenvalue weighted by molar-refractivity contribution is -0.145. The number of hydrogen-bond acceptors (Lipinski definition) is 3. The van der Waals surface area contributed by atoms with E-state index in [2.05, 4.69) is 10.1 Å². The van der Waals surface area contributed by atoms with Crippen molar-refractivity contribution in [3.8, 4) is 0 Å². The first-order valence-electron chi connectivity index (χ1n) is 5.16. The van der Waals surface area contributed by atoms with E-state index in [-0.39, 0.29) is 0 Å². The molecule has 0 bridgehead atoms. The van der Waals surface area contributed by atoms with Crippen molar-refractivity contribution in [2.75, 3.05) is 13.6 Å². The van der Waals surface area contributed by atoms with Crippen LogP contribution in [0.15, 0.2) is 0 Å². The van der Waals surface area contributed by atoms with Crippen LogP contribution in [0.25, 0.3) is 0 Å². The molecule has 1 aromatic rings. The van der Waals surface area contributed by atoms with Gasteiger partial charge >= 0.3 is 6.18 Å². The monoisotopic (exact) mass is 236 g/mol. The summed E-state index contributed by atoms with van der Waals surface area (Å²) in [6.45, 7) is 5.59. The molecule has 1 aliphatic rings. The molecule has 0 unspecified atom stereocenters. The number of likely N-dealkylation sites (N-methyl/N-ethyl adjacent to an activating group) is 1. The second-order valence-corrected chi connectivity index (χ2v) is 3.31. The summed E-state index contributed by atoms with van der Waals surface area (Å²) in [4.78, 5) is 5.36. The molecule has 2 heterocycles. The quantitative estimate of drug-likeness (QED) is 0.688. The number of rotatable bonds is 0. The summed E-state index contributed by atoms with van der Waals surface area (Å²) in [6.07, 6.45) is -4.44. The normalized spacial score (nSPS) is 16.4. The first kappa shape index (κ1) is 13.0. The standard InChI is InChI=1S/C7H9F3N4.C2H6/c1-13-2-3-14-5(4-13)11-6(12-14)7(8,9)10;1-2/h2-4H2,1H3;1-2H3. The van der Waals surface area contributed by atoms with Crippen LogP contribution in [0, 0.1) is 0 Å². The smallest absolute Gasteiger partial charge is 0.297 e. The molecule has 4 nitrogen and oxygen atoms in total. The zero-order valence-corrected chi connectivity index (χ0v) is 9.54. The Morgan fingerprint density at radius 1 is 1.19 bits per heavy atom. The molecule has 0 aliphatic carbocycles. The van der Waals surface area contributed by atoms with Gasteiger partial charge in [0.05, 0.1) is 13.1 Å². The summed E-state index contributed by atoms with van der Waals surface area (Å²) in [5, 5.41) is 3.41. The molecule has 0 saturated heterocycles. The molecule has 2 rings (SSSR count). The number of nitrogens with zero attached hydrogens (tertiary/aromatic N) is 4. The van der Waals surface area contributed by atoms with Crippen molar-refractivity contribution in [1.82, 2.24) is 19.7 Å². The molecular formula is C9H15F3N4. The van der Waals surface area contributed by atoms with Crippen molar-refractivity contribution in [2.45, 2.75) is 33.1 Å². The van der Waals surface area contributed by atoms with Crippen LogP contribution in [-0.2, 0) is 19.3 Å². The first-order valence-corrected chi connectivity index (χ1v) is 5.16. The molecule has 16 heavy (non-hydrogen) atoms. The van der Waals surface area contributed by atoms with Crippen molar-refractivity contribution in [2.24, 2.45) is 0 Å². The van der Waals surface area contributed by atoms with Gasteiger partial charge in [-0.05, 0) is 7.05 Å². The van der Waals surface area contributed by atoms with Gasteiger partial charge in [0.15, 0.2) is 0 Å². The lowest BCUT2D eigenvalue weighted by Gasteiger charge is -2.21. The van der Waals surface area contributed by atoms with E-state index in [4.69, 9.17) is 0 Å². The predicted octanol–water partition coefficient (Wildman–Crippen LogP) is 1.77. The Labute approximate surface area is 92.1 Å². The molecule has 0 spiro atoms. The van der Waals surface area contributed by atoms with Crippen molar-refractivity contribution < 1.29 is 13.2 Å². The maximum absolute atomic E-state index is 12.2. The third-order valence-corrected chi connectivity index (χ3v) is 2.11. The van der Waals surface area contributed by atoms with Crippen molar-refractivity contribution in [1.29, 1.82) is 0 Å². The third-order valence-electron chi connectivity index (χ3n) is 2.11. The maximum Gasteiger partial charge on any atom is 0.453 e. The van der Waals surface area contributed by atoms with Gasteiger partial charge in [-0.15, -0.1) is 5.10 Å². The van der Waals surface area contributed by atoms with Crippen LogP contribution in [0.2, 0.25) is 0 Å². The van der Waals surface area contributed by atoms with Crippen LogP contribution < -0.4 is 0 Å². The fourth-order valence-electron chi connectivity index (χ4n) is 1.38. The van der Waals surface area contributed by atoms with Crippen molar-refractivity contribution in [3.05, 3.63) is 11.6 Å². The van der Waals surface area contributed by atoms with E-state index in [9.17, 15) is 13.2 Å². The molecule has 0 N–H and O–H groups in total. The number of fused-ring (bicyclic) bond motifs is 1. The molecule has 0 radical (unpaired) electrons. The van der Waals surface area contributed by atoms with Crippen LogP contribution in [-0.4, -0.2) is 33.3 Å². The Morgan fingerprint density at radius 2 is 1.81 bits per heavy atom. The van der Waals surface area contributed by atoms with Gasteiger partial charge in [-0.25, -0.2) is 9.67 Å². The zero-order valence-electron chi connectivity index (χ0n) is 9.54. The highest BCUT2D eigenvalue weighted by molar-refractivity contribution is 4.98. The second-order valence-electron chi connectivity index (χ2n) is 3.31. The number of halogens is 3. The molecule has 0 amide bonds. The SMILES string of the molecule is CC.CN1CCn2nc(C(F)(F)F)nc2C1. The van der Waals surface area contributed by atoms with Crippen molar-refractivity contribution in [3.63, 3.8) is 0 Å². The van der Waals surface area contributed by atoms with Gasteiger partial charge in [0.25, 0.3) is 5.82 Å². The highest BCUT2D eigenvalue weighted by Gasteiger charge is 2.37. The first-order chi connectivity index (χ1) is 7.47. The summed E-state index contributed by atoms with van der Waals surface area (Å²) in [7, 11) is 1.84. The van der Waals surface area contributed by atoms with Gasteiger partial charge in [-0.2, -0.15) is 13.2 Å². The average molecular weight is 236 g/mol. The summed E-state index contributed by atoms with van der Waals surface area (Å²) in [6, 6.07) is 0. The number of alkyl halides is 3. The highest BCUT2D eigenvalue weighted by Crippen LogP contribution is 2.26. The highest BCUT2D eigenvalue weighted by atomic mass is 19.4. The second kappa shape index (κ2) is 4.82. The van der Waals surface area contributed by atoms with Gasteiger partial charge in [-0.1, -0.05) is 13.8 Å². The van der Waals surface area contributed by atoms with Crippen LogP contribution >= 0.6 is 0 Å². The topological polar surface area (TPSA) is 34.0 Å². The van der Waals surface area contributed by atoms with Crippen LogP contribution in [0.1, 0.15) is 25.5 Å². The Morgan fingerprint density at radius 3 is 2.38 bits per heavy atom. The van der Waals surface area contributed by atoms with E-state index in [1.165, 1.54) is 4.68 Å². The average Bonchev–Trinajstić information content (AvgIpc) is 2.63. The van der Waals surface area contributed by atoms with Crippen LogP contribution in [0.3, 0.4) is 0 Å². The molecule has 92 valence electrons. The molecular weight excluding hydrogens is 221 g/mol. The fourth-order valence-corrected chi connectivity index (χ4v) is 1.38. The van der Waals surface area contributed by atoms with Gasteiger partial charge in [0, 0.05) is 6.54 Å². The fraction of sp³-hybridized carbons (Fsp3) is 0.778. The lowest BCUT2D eigenvalue weighted by Crippen LogP contribution is -2.30. The maximum atomic E-state index is 12.2. The summed E-state index contributed by atoms with van der Waals surface area (Å²) in [5.74, 6) is -0.658. The zero-order chi connectivity index (χ0) is 12.3. The Hall–Kier alpha value is -1.11. The van der Waals surface area contributed by atoms with E-state index >= 15 is 0 Å². The predicted molar refractivity (Wildman–Crippen MR) is 52.7 cm³/mol. The van der Waals surface area contributed by atoms with E-state index < -0.39 is 12.0 Å². The molecule has 0 saturated carbocycles. The van der Waals surface area contributed by atoms with Gasteiger partial charge in [0.2, 0.25) is 0 Å². The molecule has 1 aliphatic heterocycles. The van der Waals surface area contributed by atoms with E-state index in [1.807, 2.05) is 25.8 Å². The van der Waals surface area contributed by atoms with Gasteiger partial charge < -0.3 is 0 Å². The molecule has 0 aromatic carbocycles. The third kappa shape index (κ3) is 2.72. The van der Waals surface area contributed by atoms with Crippen LogP contribution in [0.4, 0.5) is 13.2 Å². The van der Waals surface area contributed by atoms with Crippen LogP contribution in [0.5, 0.6) is 0 Å². The molecule has 1 aromatic heterocycles. The summed E-state index contributed by atoms with van der Waals surface area (Å²) < 4.78 is 38.0. The van der Waals surface area contributed by atoms with Crippen molar-refractivity contribution >= 4 is 0 Å². The number of hydrogen-bond donors (Lipinski definition) is 0.